The maximum absolute atomic E-state index is 13.0. The van der Waals surface area contributed by atoms with E-state index in [0.717, 1.165) is 12.1 Å². The Hall–Kier alpha value is -2.06. The average molecular weight is 248 g/mol. The molecular formula is C12H6F2N2S. The van der Waals surface area contributed by atoms with Crippen molar-refractivity contribution in [2.75, 3.05) is 0 Å². The molecule has 1 N–H and O–H groups in total. The van der Waals surface area contributed by atoms with Gasteiger partial charge in [0.15, 0.2) is 11.6 Å². The lowest BCUT2D eigenvalue weighted by Gasteiger charge is -2.03. The minimum atomic E-state index is -0.925. The highest BCUT2D eigenvalue weighted by Gasteiger charge is 2.05. The highest BCUT2D eigenvalue weighted by Crippen LogP contribution is 2.20. The zero-order valence-electron chi connectivity index (χ0n) is 8.50. The van der Waals surface area contributed by atoms with E-state index in [-0.39, 0.29) is 4.64 Å². The Bertz CT molecular complexity index is 671. The van der Waals surface area contributed by atoms with E-state index in [4.69, 9.17) is 17.5 Å². The summed E-state index contributed by atoms with van der Waals surface area (Å²) in [6.07, 6.45) is 0. The molecule has 0 unspecified atom stereocenters. The third-order valence-electron chi connectivity index (χ3n) is 2.26. The van der Waals surface area contributed by atoms with Crippen molar-refractivity contribution in [1.82, 2.24) is 4.98 Å². The van der Waals surface area contributed by atoms with Crippen LogP contribution in [0.4, 0.5) is 8.78 Å². The van der Waals surface area contributed by atoms with Gasteiger partial charge in [0.25, 0.3) is 0 Å². The lowest BCUT2D eigenvalue weighted by atomic mass is 10.1. The summed E-state index contributed by atoms with van der Waals surface area (Å²) in [5.41, 5.74) is 1.35. The van der Waals surface area contributed by atoms with Crippen LogP contribution in [-0.2, 0) is 0 Å². The molecule has 17 heavy (non-hydrogen) atoms. The molecule has 0 amide bonds. The van der Waals surface area contributed by atoms with Crippen molar-refractivity contribution in [1.29, 1.82) is 5.26 Å². The first-order valence-electron chi connectivity index (χ1n) is 4.70. The molecular weight excluding hydrogens is 242 g/mol. The summed E-state index contributed by atoms with van der Waals surface area (Å²) in [7, 11) is 0. The lowest BCUT2D eigenvalue weighted by Crippen LogP contribution is -1.90. The SMILES string of the molecule is N#Cc1ccc(-c2ccc(F)c(F)c2)[nH]c1=S. The Morgan fingerprint density at radius 1 is 1.12 bits per heavy atom. The number of H-pyrrole nitrogens is 1. The van der Waals surface area contributed by atoms with Gasteiger partial charge in [-0.25, -0.2) is 8.78 Å². The lowest BCUT2D eigenvalue weighted by molar-refractivity contribution is 0.509. The molecule has 1 aromatic heterocycles. The van der Waals surface area contributed by atoms with Crippen LogP contribution in [0.2, 0.25) is 0 Å². The van der Waals surface area contributed by atoms with Crippen molar-refractivity contribution >= 4 is 12.2 Å². The van der Waals surface area contributed by atoms with E-state index in [1.54, 1.807) is 6.07 Å². The molecule has 0 radical (unpaired) electrons. The minimum absolute atomic E-state index is 0.273. The van der Waals surface area contributed by atoms with Gasteiger partial charge in [0.1, 0.15) is 10.7 Å². The number of aromatic nitrogens is 1. The summed E-state index contributed by atoms with van der Waals surface area (Å²) in [6, 6.07) is 8.61. The van der Waals surface area contributed by atoms with Crippen LogP contribution in [0, 0.1) is 27.6 Å². The first-order valence-corrected chi connectivity index (χ1v) is 5.11. The second-order valence-electron chi connectivity index (χ2n) is 3.36. The molecule has 0 spiro atoms. The quantitative estimate of drug-likeness (QED) is 0.784. The molecule has 1 aromatic carbocycles. The van der Waals surface area contributed by atoms with E-state index in [1.807, 2.05) is 6.07 Å². The Labute approximate surface area is 101 Å². The van der Waals surface area contributed by atoms with Gasteiger partial charge in [-0.3, -0.25) is 0 Å². The Kier molecular flexibility index (Phi) is 2.98. The summed E-state index contributed by atoms with van der Waals surface area (Å²) in [4.78, 5) is 2.79. The summed E-state index contributed by atoms with van der Waals surface area (Å²) in [5, 5.41) is 8.71. The van der Waals surface area contributed by atoms with Gasteiger partial charge < -0.3 is 4.98 Å². The van der Waals surface area contributed by atoms with Crippen LogP contribution in [0.15, 0.2) is 30.3 Å². The second kappa shape index (κ2) is 4.44. The molecule has 2 aromatic rings. The van der Waals surface area contributed by atoms with Gasteiger partial charge in [-0.1, -0.05) is 12.2 Å². The predicted molar refractivity (Wildman–Crippen MR) is 61.7 cm³/mol. The smallest absolute Gasteiger partial charge is 0.159 e. The second-order valence-corrected chi connectivity index (χ2v) is 3.76. The fourth-order valence-electron chi connectivity index (χ4n) is 1.39. The van der Waals surface area contributed by atoms with Crippen molar-refractivity contribution in [3.05, 3.63) is 52.2 Å². The van der Waals surface area contributed by atoms with E-state index < -0.39 is 11.6 Å². The zero-order chi connectivity index (χ0) is 12.4. The fraction of sp³-hybridized carbons (Fsp3) is 0. The third-order valence-corrected chi connectivity index (χ3v) is 2.58. The number of nitrogens with zero attached hydrogens (tertiary/aromatic N) is 1. The Morgan fingerprint density at radius 2 is 1.88 bits per heavy atom. The predicted octanol–water partition coefficient (Wildman–Crippen LogP) is 3.56. The van der Waals surface area contributed by atoms with E-state index >= 15 is 0 Å². The van der Waals surface area contributed by atoms with E-state index in [0.29, 0.717) is 16.8 Å². The number of pyridine rings is 1. The van der Waals surface area contributed by atoms with Gasteiger partial charge >= 0.3 is 0 Å². The van der Waals surface area contributed by atoms with Gasteiger partial charge in [0.05, 0.1) is 5.56 Å². The maximum atomic E-state index is 13.0. The van der Waals surface area contributed by atoms with Crippen LogP contribution in [0.25, 0.3) is 11.3 Å². The highest BCUT2D eigenvalue weighted by atomic mass is 32.1. The Balaban J connectivity index is 2.54. The number of nitrogens with one attached hydrogen (secondary N) is 1. The molecule has 1 heterocycles. The summed E-state index contributed by atoms with van der Waals surface area (Å²) in [6.45, 7) is 0. The third kappa shape index (κ3) is 2.22. The first-order chi connectivity index (χ1) is 8.11. The number of hydrogen-bond donors (Lipinski definition) is 1. The normalized spacial score (nSPS) is 9.94. The molecule has 0 aliphatic heterocycles. The molecule has 0 aliphatic rings. The van der Waals surface area contributed by atoms with Crippen molar-refractivity contribution in [3.63, 3.8) is 0 Å². The van der Waals surface area contributed by atoms with Gasteiger partial charge in [0, 0.05) is 11.3 Å². The standard InChI is InChI=1S/C12H6F2N2S/c13-9-3-1-7(5-10(9)14)11-4-2-8(6-15)12(17)16-11/h1-5H,(H,16,17). The van der Waals surface area contributed by atoms with Crippen LogP contribution >= 0.6 is 12.2 Å². The van der Waals surface area contributed by atoms with Gasteiger partial charge in [-0.05, 0) is 30.3 Å². The molecule has 0 saturated heterocycles. The van der Waals surface area contributed by atoms with Crippen LogP contribution < -0.4 is 0 Å². The molecule has 0 fully saturated rings. The van der Waals surface area contributed by atoms with Gasteiger partial charge in [-0.15, -0.1) is 0 Å². The van der Waals surface area contributed by atoms with Crippen LogP contribution in [0.3, 0.4) is 0 Å². The number of halogens is 2. The number of benzene rings is 1. The number of hydrogen-bond acceptors (Lipinski definition) is 2. The summed E-state index contributed by atoms with van der Waals surface area (Å²) < 4.78 is 26.1. The molecule has 2 nitrogen and oxygen atoms in total. The number of nitriles is 1. The van der Waals surface area contributed by atoms with Crippen molar-refractivity contribution in [2.45, 2.75) is 0 Å². The molecule has 0 saturated carbocycles. The van der Waals surface area contributed by atoms with Gasteiger partial charge in [-0.2, -0.15) is 5.26 Å². The number of rotatable bonds is 1. The van der Waals surface area contributed by atoms with Gasteiger partial charge in [0.2, 0.25) is 0 Å². The van der Waals surface area contributed by atoms with Crippen LogP contribution in [-0.4, -0.2) is 4.98 Å². The van der Waals surface area contributed by atoms with E-state index in [1.165, 1.54) is 12.1 Å². The topological polar surface area (TPSA) is 39.6 Å². The average Bonchev–Trinajstić information content (AvgIpc) is 2.32. The zero-order valence-corrected chi connectivity index (χ0v) is 9.31. The summed E-state index contributed by atoms with van der Waals surface area (Å²) in [5.74, 6) is -1.83. The molecule has 0 atom stereocenters. The Morgan fingerprint density at radius 3 is 2.47 bits per heavy atom. The van der Waals surface area contributed by atoms with Crippen molar-refractivity contribution < 1.29 is 8.78 Å². The van der Waals surface area contributed by atoms with Crippen LogP contribution in [0.1, 0.15) is 5.56 Å². The maximum Gasteiger partial charge on any atom is 0.159 e. The van der Waals surface area contributed by atoms with Crippen molar-refractivity contribution in [2.24, 2.45) is 0 Å². The highest BCUT2D eigenvalue weighted by molar-refractivity contribution is 7.71. The largest absolute Gasteiger partial charge is 0.345 e. The van der Waals surface area contributed by atoms with Crippen LogP contribution in [0.5, 0.6) is 0 Å². The first kappa shape index (κ1) is 11.4. The van der Waals surface area contributed by atoms with E-state index in [9.17, 15) is 8.78 Å². The molecule has 5 heteroatoms. The monoisotopic (exact) mass is 248 g/mol. The molecule has 0 bridgehead atoms. The molecule has 0 aliphatic carbocycles. The molecule has 2 rings (SSSR count). The minimum Gasteiger partial charge on any atom is -0.345 e. The molecule has 84 valence electrons. The van der Waals surface area contributed by atoms with Crippen molar-refractivity contribution in [3.8, 4) is 17.3 Å². The fourth-order valence-corrected chi connectivity index (χ4v) is 1.62. The summed E-state index contributed by atoms with van der Waals surface area (Å²) >= 11 is 4.95. The van der Waals surface area contributed by atoms with E-state index in [2.05, 4.69) is 4.98 Å². The number of aromatic amines is 1.